The number of unbranched alkanes of at least 4 members (excludes halogenated alkanes) is 1. The monoisotopic (exact) mass is 2030 g/mol. The first kappa shape index (κ1) is 101. The quantitative estimate of drug-likeness (QED) is 0.0283. The van der Waals surface area contributed by atoms with E-state index in [1.165, 1.54) is 37.9 Å². The molecule has 1 saturated heterocycles. The van der Waals surface area contributed by atoms with Crippen molar-refractivity contribution in [2.24, 2.45) is 5.41 Å². The highest BCUT2D eigenvalue weighted by Crippen LogP contribution is 2.42. The molecule has 0 bridgehead atoms. The molecule has 11 N–H and O–H groups in total. The molecule has 0 spiro atoms. The second kappa shape index (κ2) is 44.7. The number of likely N-dealkylation sites (tertiary alicyclic amines) is 1. The number of H-pyrrole nitrogens is 8. The number of thiophene rings is 4. The van der Waals surface area contributed by atoms with Crippen LogP contribution < -0.4 is 16.0 Å². The number of carbonyl (C=O) groups is 3. The van der Waals surface area contributed by atoms with Crippen molar-refractivity contribution in [2.75, 3.05) is 29.0 Å². The lowest BCUT2D eigenvalue weighted by molar-refractivity contribution is -0.118. The Labute approximate surface area is 868 Å². The maximum absolute atomic E-state index is 12.4. The first-order valence-corrected chi connectivity index (χ1v) is 51.1. The minimum atomic E-state index is -0.0883. The maximum Gasteiger partial charge on any atom is 0.224 e. The molecule has 0 radical (unpaired) electrons. The van der Waals surface area contributed by atoms with E-state index in [1.54, 1.807) is 101 Å². The van der Waals surface area contributed by atoms with E-state index in [2.05, 4.69) is 222 Å². The zero-order valence-electron chi connectivity index (χ0n) is 78.8. The van der Waals surface area contributed by atoms with E-state index in [0.29, 0.717) is 53.8 Å². The van der Waals surface area contributed by atoms with Crippen molar-refractivity contribution < 1.29 is 14.4 Å². The number of nitrogens with zero attached hydrogens (tertiary/aromatic N) is 17. The highest BCUT2D eigenvalue weighted by molar-refractivity contribution is 7.09. The minimum absolute atomic E-state index is 0. The van der Waals surface area contributed by atoms with Crippen molar-refractivity contribution >= 4 is 168 Å². The van der Waals surface area contributed by atoms with E-state index in [1.807, 2.05) is 142 Å². The summed E-state index contributed by atoms with van der Waals surface area (Å²) in [5.41, 5.74) is 33.1. The van der Waals surface area contributed by atoms with E-state index in [-0.39, 0.29) is 52.8 Å². The first-order chi connectivity index (χ1) is 70.5. The third kappa shape index (κ3) is 21.9. The van der Waals surface area contributed by atoms with Crippen LogP contribution in [0.25, 0.3) is 223 Å². The molecule has 31 nitrogen and oxygen atoms in total. The summed E-state index contributed by atoms with van der Waals surface area (Å²) in [5, 5.41) is 60.1. The molecule has 1 fully saturated rings. The van der Waals surface area contributed by atoms with Gasteiger partial charge in [-0.15, -0.1) is 0 Å². The fraction of sp³-hybridized carbons (Fsp3) is 0.195. The van der Waals surface area contributed by atoms with Crippen molar-refractivity contribution in [1.82, 2.24) is 125 Å². The molecule has 4 aromatic carbocycles. The number of rotatable bonds is 23. The van der Waals surface area contributed by atoms with Crippen LogP contribution in [-0.4, -0.2) is 156 Å². The van der Waals surface area contributed by atoms with Gasteiger partial charge in [-0.1, -0.05) is 101 Å². The number of hydrogen-bond acceptors (Lipinski definition) is 24. The third-order valence-electron chi connectivity index (χ3n) is 25.0. The van der Waals surface area contributed by atoms with E-state index in [9.17, 15) is 14.4 Å². The van der Waals surface area contributed by atoms with Crippen LogP contribution in [0, 0.1) is 5.41 Å². The standard InChI is InChI=1S/C28H25N7OS.C28H25N7S.C27H23N7OS.C26H21N7OS.4CH4/c1-28(2,3)10-24(36)31-19-8-18(11-29-12-19)16-4-5-22-20(9-16)26(35-34-22)27-32-23-14-30-13-21(25(23)33-27)17-6-7-37-15-17;1-2-7-35(8-3-1)16-18-10-21(13-29-12-18)19-4-5-24-22(11-19)27(34-33-24)28-31-25-15-30-14-23(26(25)32-28)20-6-9-36-17-20;1-2-3-4-24(35)30-19-9-18(11-28-12-19)16-5-6-22-20(10-16)26(34-33-22)27-31-23-14-29-13-21(25(23)32-27)17-7-8-36-15-17;1-2-3-23(34)29-18-8-17(10-27-11-18)15-4-5-21-19(9-15)25(33-32-21)26-30-22-13-28-12-20(24(22)31-26)16-6-7-35-14-16;;;;/h4-9,11-15H,10H2,1-3H3,(H,31,36)(H,32,33)(H,34,35);4-6,9-15,17H,1-3,7-8,16H2,(H,31,32)(H,33,34);5-15H,2-4H2,1H3,(H,30,35)(H,31,32)(H,33,34);4-14H,2-3H2,1H3,(H,29,34)(H,30,31)(H,32,33);4*1H4. The van der Waals surface area contributed by atoms with Crippen LogP contribution in [0.1, 0.15) is 128 Å². The molecule has 0 saturated carbocycles. The van der Waals surface area contributed by atoms with Gasteiger partial charge in [-0.25, -0.2) is 19.9 Å². The predicted octanol–water partition coefficient (Wildman–Crippen LogP) is 27.9. The average molecular weight is 2040 g/mol. The molecule has 25 rings (SSSR count). The molecular formula is C113H110N28O3S4. The summed E-state index contributed by atoms with van der Waals surface area (Å²) >= 11 is 6.60. The zero-order valence-corrected chi connectivity index (χ0v) is 82.1. The van der Waals surface area contributed by atoms with Gasteiger partial charge in [-0.05, 0) is 234 Å². The highest BCUT2D eigenvalue weighted by atomic mass is 32.1. The Hall–Kier alpha value is -17.0. The van der Waals surface area contributed by atoms with Gasteiger partial charge in [0.2, 0.25) is 17.7 Å². The van der Waals surface area contributed by atoms with Crippen molar-refractivity contribution in [3.05, 3.63) is 269 Å². The maximum atomic E-state index is 12.4. The number of anilines is 3. The Balaban J connectivity index is 0.000000128. The van der Waals surface area contributed by atoms with Gasteiger partial charge in [0.1, 0.15) is 44.8 Å². The van der Waals surface area contributed by atoms with E-state index in [4.69, 9.17) is 19.9 Å². The molecule has 148 heavy (non-hydrogen) atoms. The average Bonchev–Trinajstić information content (AvgIpc) is 1.62. The molecule has 744 valence electrons. The molecule has 0 unspecified atom stereocenters. The zero-order chi connectivity index (χ0) is 97.7. The summed E-state index contributed by atoms with van der Waals surface area (Å²) in [6, 6.07) is 41.0. The molecule has 24 aromatic rings. The van der Waals surface area contributed by atoms with Crippen LogP contribution in [0.3, 0.4) is 0 Å². The number of hydrogen-bond donors (Lipinski definition) is 11. The van der Waals surface area contributed by atoms with Crippen molar-refractivity contribution in [2.45, 2.75) is 129 Å². The van der Waals surface area contributed by atoms with Crippen LogP contribution in [-0.2, 0) is 20.9 Å². The lowest BCUT2D eigenvalue weighted by atomic mass is 9.92. The second-order valence-corrected chi connectivity index (χ2v) is 39.7. The van der Waals surface area contributed by atoms with Gasteiger partial charge in [-0.3, -0.25) is 79.6 Å². The van der Waals surface area contributed by atoms with Crippen LogP contribution >= 0.6 is 45.3 Å². The summed E-state index contributed by atoms with van der Waals surface area (Å²) < 4.78 is 0. The van der Waals surface area contributed by atoms with Crippen LogP contribution in [0.4, 0.5) is 17.1 Å². The van der Waals surface area contributed by atoms with Crippen molar-refractivity contribution in [1.29, 1.82) is 0 Å². The Morgan fingerprint density at radius 2 is 0.635 bits per heavy atom. The topological polar surface area (TPSA) is 423 Å². The van der Waals surface area contributed by atoms with Gasteiger partial charge in [-0.2, -0.15) is 65.7 Å². The number of amides is 3. The van der Waals surface area contributed by atoms with Crippen LogP contribution in [0.15, 0.2) is 264 Å². The van der Waals surface area contributed by atoms with Gasteiger partial charge in [0.25, 0.3) is 0 Å². The molecule has 1 aliphatic heterocycles. The van der Waals surface area contributed by atoms with Gasteiger partial charge >= 0.3 is 0 Å². The van der Waals surface area contributed by atoms with E-state index in [0.717, 1.165) is 231 Å². The lowest BCUT2D eigenvalue weighted by Gasteiger charge is -2.26. The normalized spacial score (nSPS) is 12.0. The number of nitrogens with one attached hydrogen (secondary N) is 11. The summed E-state index contributed by atoms with van der Waals surface area (Å²) in [7, 11) is 0. The second-order valence-electron chi connectivity index (χ2n) is 36.6. The van der Waals surface area contributed by atoms with Gasteiger partial charge in [0, 0.05) is 148 Å². The Kier molecular flexibility index (Phi) is 30.5. The van der Waals surface area contributed by atoms with Crippen molar-refractivity contribution in [3.63, 3.8) is 0 Å². The largest absolute Gasteiger partial charge is 0.335 e. The number of pyridine rings is 8. The Bertz CT molecular complexity index is 8770. The summed E-state index contributed by atoms with van der Waals surface area (Å²) in [5.74, 6) is 2.71. The molecule has 1 aliphatic rings. The molecule has 0 aliphatic carbocycles. The molecule has 21 heterocycles. The molecule has 3 amide bonds. The minimum Gasteiger partial charge on any atom is -0.335 e. The fourth-order valence-corrected chi connectivity index (χ4v) is 20.6. The van der Waals surface area contributed by atoms with Gasteiger partial charge in [0.05, 0.1) is 105 Å². The van der Waals surface area contributed by atoms with E-state index < -0.39 is 0 Å². The number of carbonyl (C=O) groups excluding carboxylic acids is 3. The molecule has 35 heteroatoms. The Morgan fingerprint density at radius 1 is 0.324 bits per heavy atom. The molecular weight excluding hydrogens is 1930 g/mol. The number of imidazole rings is 4. The van der Waals surface area contributed by atoms with Crippen molar-refractivity contribution in [3.8, 4) is 135 Å². The number of fused-ring (bicyclic) bond motifs is 8. The molecule has 0 atom stereocenters. The Morgan fingerprint density at radius 3 is 0.946 bits per heavy atom. The fourth-order valence-electron chi connectivity index (χ4n) is 18.0. The summed E-state index contributed by atoms with van der Waals surface area (Å²) in [4.78, 5) is 108. The number of aromatic amines is 8. The highest BCUT2D eigenvalue weighted by Gasteiger charge is 2.26. The first-order valence-electron chi connectivity index (χ1n) is 47.4. The summed E-state index contributed by atoms with van der Waals surface area (Å²) in [6.07, 6.45) is 36.9. The van der Waals surface area contributed by atoms with Gasteiger partial charge in [0.15, 0.2) is 23.3 Å². The number of piperidine rings is 1. The van der Waals surface area contributed by atoms with Crippen LogP contribution in [0.2, 0.25) is 0 Å². The van der Waals surface area contributed by atoms with Gasteiger partial charge < -0.3 is 35.9 Å². The predicted molar refractivity (Wildman–Crippen MR) is 603 cm³/mol. The van der Waals surface area contributed by atoms with Crippen LogP contribution in [0.5, 0.6) is 0 Å². The summed E-state index contributed by atoms with van der Waals surface area (Å²) in [6.45, 7) is 13.5. The number of benzene rings is 4. The third-order valence-corrected chi connectivity index (χ3v) is 27.8. The molecule has 20 aromatic heterocycles. The SMILES string of the molecule is C.C.C.C.CC(C)(C)CC(=O)Nc1cncc(-c2ccc3[nH]nc(-c4nc5c(-c6ccsc6)cncc5[nH]4)c3c2)c1.CCCC(=O)Nc1cncc(-c2ccc3[nH]nc(-c4nc5c(-c6ccsc6)cncc5[nH]4)c3c2)c1.CCCCC(=O)Nc1cncc(-c2ccc3[nH]nc(-c4nc5c(-c6ccsc6)cncc5[nH]4)c3c2)c1.c1cc(-c2cncc3[nH]c(-c4n[nH]c5ccc(-c6cncc(CN7CCCCC7)c6)cc45)nc23)cs1. The van der Waals surface area contributed by atoms with E-state index >= 15 is 0 Å². The lowest BCUT2D eigenvalue weighted by Crippen LogP contribution is -2.29. The smallest absolute Gasteiger partial charge is 0.224 e. The number of aromatic nitrogens is 24.